The van der Waals surface area contributed by atoms with Crippen LogP contribution in [0.3, 0.4) is 0 Å². The first-order chi connectivity index (χ1) is 19.2. The molecule has 0 unspecified atom stereocenters. The van der Waals surface area contributed by atoms with E-state index in [9.17, 15) is 28.8 Å². The summed E-state index contributed by atoms with van der Waals surface area (Å²) in [6.07, 6.45) is -5.35. The van der Waals surface area contributed by atoms with E-state index in [0.29, 0.717) is 5.56 Å². The van der Waals surface area contributed by atoms with Gasteiger partial charge < -0.3 is 34.3 Å². The molecule has 5 atom stereocenters. The number of thiophene rings is 1. The molecule has 0 saturated carbocycles. The van der Waals surface area contributed by atoms with Crippen LogP contribution < -0.4 is 11.4 Å². The molecular weight excluding hydrogens is 586 g/mol. The van der Waals surface area contributed by atoms with Crippen LogP contribution in [-0.4, -0.2) is 82.6 Å². The van der Waals surface area contributed by atoms with Crippen LogP contribution in [-0.2, 0) is 47.6 Å². The summed E-state index contributed by atoms with van der Waals surface area (Å²) in [4.78, 5) is 78.0. The van der Waals surface area contributed by atoms with E-state index in [1.807, 2.05) is 0 Å². The van der Waals surface area contributed by atoms with E-state index < -0.39 is 71.9 Å². The van der Waals surface area contributed by atoms with E-state index in [0.717, 1.165) is 55.5 Å². The second-order valence-corrected chi connectivity index (χ2v) is 10.8. The second kappa shape index (κ2) is 13.3. The minimum Gasteiger partial charge on any atom is -0.463 e. The Labute approximate surface area is 241 Å². The molecule has 0 aliphatic carbocycles. The molecule has 3 heterocycles. The van der Waals surface area contributed by atoms with Crippen molar-refractivity contribution in [1.82, 2.24) is 9.66 Å². The zero-order valence-electron chi connectivity index (χ0n) is 23.0. The number of hydrogen-bond donors (Lipinski definition) is 1. The number of aryl methyl sites for hydroxylation is 1. The summed E-state index contributed by atoms with van der Waals surface area (Å²) in [6.45, 7) is 7.38. The largest absolute Gasteiger partial charge is 0.463 e. The van der Waals surface area contributed by atoms with Crippen molar-refractivity contribution in [2.45, 2.75) is 76.6 Å². The van der Waals surface area contributed by atoms with Crippen molar-refractivity contribution in [2.75, 3.05) is 19.1 Å². The Kier molecular flexibility index (Phi) is 10.3. The molecular formula is C24H29N3O12S2. The third-order valence-electron chi connectivity index (χ3n) is 5.59. The molecule has 2 aromatic rings. The van der Waals surface area contributed by atoms with E-state index in [-0.39, 0.29) is 26.9 Å². The van der Waals surface area contributed by atoms with Crippen LogP contribution in [0, 0.1) is 6.92 Å². The van der Waals surface area contributed by atoms with Gasteiger partial charge in [0.15, 0.2) is 28.9 Å². The molecule has 15 nitrogen and oxygen atoms in total. The first-order valence-electron chi connectivity index (χ1n) is 12.2. The minimum absolute atomic E-state index is 0.111. The number of nitrogens with two attached hydrogens (primary N) is 1. The number of nitrogens with zero attached hydrogens (tertiary/aromatic N) is 2. The quantitative estimate of drug-likeness (QED) is 0.180. The molecule has 1 aliphatic heterocycles. The van der Waals surface area contributed by atoms with E-state index >= 15 is 0 Å². The Morgan fingerprint density at radius 2 is 1.54 bits per heavy atom. The van der Waals surface area contributed by atoms with Gasteiger partial charge in [0.2, 0.25) is 0 Å². The first kappa shape index (κ1) is 31.8. The lowest BCUT2D eigenvalue weighted by Crippen LogP contribution is -2.61. The van der Waals surface area contributed by atoms with Gasteiger partial charge in [-0.2, -0.15) is 0 Å². The Hall–Kier alpha value is -3.70. The van der Waals surface area contributed by atoms with Crippen molar-refractivity contribution < 1.29 is 52.4 Å². The summed E-state index contributed by atoms with van der Waals surface area (Å²) in [6, 6.07) is 0. The van der Waals surface area contributed by atoms with E-state index in [2.05, 4.69) is 4.98 Å². The van der Waals surface area contributed by atoms with Gasteiger partial charge in [0, 0.05) is 27.7 Å². The number of fused-ring (bicyclic) bond motifs is 1. The number of esters is 5. The third kappa shape index (κ3) is 7.34. The van der Waals surface area contributed by atoms with E-state index in [1.54, 1.807) is 13.8 Å². The van der Waals surface area contributed by atoms with Gasteiger partial charge in [-0.1, -0.05) is 11.8 Å². The number of aromatic nitrogens is 2. The van der Waals surface area contributed by atoms with Crippen molar-refractivity contribution in [2.24, 2.45) is 0 Å². The molecule has 3 rings (SSSR count). The summed E-state index contributed by atoms with van der Waals surface area (Å²) in [5.74, 6) is 2.44. The summed E-state index contributed by atoms with van der Waals surface area (Å²) < 4.78 is 33.1. The molecule has 1 aliphatic rings. The standard InChI is InChI=1S/C24H29N3O12S2/c1-7-34-22(33)19-9(2)15-20(40-19)26-24(27(25)21(15)32)41-23-18(38-13(6)31)17(37-12(5)30)16(36-11(4)29)14(39-23)8-35-10(3)28/h14,16-18,23H,7-8,25H2,1-6H3/t14-,16-,17+,18-,23+/m1/s1. The number of carbonyl (C=O) groups is 5. The van der Waals surface area contributed by atoms with Crippen LogP contribution in [0.2, 0.25) is 0 Å². The van der Waals surface area contributed by atoms with Crippen LogP contribution in [0.25, 0.3) is 10.2 Å². The lowest BCUT2D eigenvalue weighted by molar-refractivity contribution is -0.237. The Bertz CT molecular complexity index is 1420. The molecule has 0 aromatic carbocycles. The molecule has 0 radical (unpaired) electrons. The van der Waals surface area contributed by atoms with Crippen LogP contribution in [0.15, 0.2) is 9.95 Å². The maximum absolute atomic E-state index is 13.2. The van der Waals surface area contributed by atoms with Crippen LogP contribution >= 0.6 is 23.1 Å². The highest BCUT2D eigenvalue weighted by Crippen LogP contribution is 2.38. The molecule has 0 spiro atoms. The number of hydrogen-bond acceptors (Lipinski definition) is 16. The summed E-state index contributed by atoms with van der Waals surface area (Å²) in [5, 5.41) is 0.00602. The van der Waals surface area contributed by atoms with Gasteiger partial charge >= 0.3 is 29.8 Å². The maximum Gasteiger partial charge on any atom is 0.348 e. The summed E-state index contributed by atoms with van der Waals surface area (Å²) in [7, 11) is 0. The highest BCUT2D eigenvalue weighted by atomic mass is 32.2. The van der Waals surface area contributed by atoms with Crippen molar-refractivity contribution in [3.8, 4) is 0 Å². The summed E-state index contributed by atoms with van der Waals surface area (Å²) >= 11 is 1.67. The predicted octanol–water partition coefficient (Wildman–Crippen LogP) is 0.832. The fraction of sp³-hybridized carbons (Fsp3) is 0.542. The molecule has 224 valence electrons. The number of thioether (sulfide) groups is 1. The lowest BCUT2D eigenvalue weighted by Gasteiger charge is -2.44. The van der Waals surface area contributed by atoms with Crippen molar-refractivity contribution in [3.63, 3.8) is 0 Å². The zero-order chi connectivity index (χ0) is 30.6. The van der Waals surface area contributed by atoms with Gasteiger partial charge in [-0.15, -0.1) is 11.3 Å². The maximum atomic E-state index is 13.2. The summed E-state index contributed by atoms with van der Waals surface area (Å²) in [5.41, 5.74) is -1.59. The van der Waals surface area contributed by atoms with Crippen LogP contribution in [0.4, 0.5) is 0 Å². The number of ether oxygens (including phenoxy) is 6. The van der Waals surface area contributed by atoms with Gasteiger partial charge in [-0.05, 0) is 19.4 Å². The van der Waals surface area contributed by atoms with Crippen molar-refractivity contribution in [3.05, 3.63) is 20.8 Å². The Morgan fingerprint density at radius 3 is 2.10 bits per heavy atom. The molecule has 1 fully saturated rings. The smallest absolute Gasteiger partial charge is 0.348 e. The van der Waals surface area contributed by atoms with Gasteiger partial charge in [0.1, 0.15) is 22.4 Å². The Balaban J connectivity index is 2.11. The van der Waals surface area contributed by atoms with Crippen molar-refractivity contribution in [1.29, 1.82) is 0 Å². The second-order valence-electron chi connectivity index (χ2n) is 8.71. The van der Waals surface area contributed by atoms with E-state index in [4.69, 9.17) is 34.3 Å². The monoisotopic (exact) mass is 615 g/mol. The molecule has 2 aromatic heterocycles. The molecule has 41 heavy (non-hydrogen) atoms. The average molecular weight is 616 g/mol. The Morgan fingerprint density at radius 1 is 0.951 bits per heavy atom. The van der Waals surface area contributed by atoms with Crippen molar-refractivity contribution >= 4 is 63.2 Å². The van der Waals surface area contributed by atoms with E-state index in [1.165, 1.54) is 0 Å². The fourth-order valence-corrected chi connectivity index (χ4v) is 6.25. The van der Waals surface area contributed by atoms with Gasteiger partial charge in [0.05, 0.1) is 12.0 Å². The molecule has 0 bridgehead atoms. The number of carbonyl (C=O) groups excluding carboxylic acids is 5. The third-order valence-corrected chi connectivity index (χ3v) is 7.87. The minimum atomic E-state index is -1.41. The number of rotatable bonds is 9. The predicted molar refractivity (Wildman–Crippen MR) is 143 cm³/mol. The highest BCUT2D eigenvalue weighted by Gasteiger charge is 2.53. The highest BCUT2D eigenvalue weighted by molar-refractivity contribution is 7.99. The average Bonchev–Trinajstić information content (AvgIpc) is 3.20. The van der Waals surface area contributed by atoms with Crippen LogP contribution in [0.1, 0.15) is 49.9 Å². The van der Waals surface area contributed by atoms with Gasteiger partial charge in [0.25, 0.3) is 5.56 Å². The number of nitrogen functional groups attached to an aromatic ring is 1. The normalized spacial score (nSPS) is 22.0. The topological polar surface area (TPSA) is 202 Å². The SMILES string of the molecule is CCOC(=O)c1sc2nc(S[C@@H]3O[C@H](COC(C)=O)[C@@H](OC(C)=O)[C@H](OC(C)=O)[C@H]3OC(C)=O)n(N)c(=O)c2c1C. The van der Waals surface area contributed by atoms with Gasteiger partial charge in [-0.25, -0.2) is 14.5 Å². The molecule has 1 saturated heterocycles. The zero-order valence-corrected chi connectivity index (χ0v) is 24.6. The van der Waals surface area contributed by atoms with Gasteiger partial charge in [-0.3, -0.25) is 24.0 Å². The van der Waals surface area contributed by atoms with Crippen LogP contribution in [0.5, 0.6) is 0 Å². The molecule has 2 N–H and O–H groups in total. The fourth-order valence-electron chi connectivity index (χ4n) is 4.04. The molecule has 17 heteroatoms. The first-order valence-corrected chi connectivity index (χ1v) is 13.9. The lowest BCUT2D eigenvalue weighted by atomic mass is 9.99. The molecule has 0 amide bonds.